The normalized spacial score (nSPS) is 10.7. The lowest BCUT2D eigenvalue weighted by Crippen LogP contribution is -2.24. The molecule has 30 heavy (non-hydrogen) atoms. The number of thioether (sulfide) groups is 1. The van der Waals surface area contributed by atoms with Crippen molar-refractivity contribution >= 4 is 29.3 Å². The number of nitrogens with one attached hydrogen (secondary N) is 1. The number of carbonyl (C=O) groups is 1. The number of rotatable bonds is 7. The summed E-state index contributed by atoms with van der Waals surface area (Å²) in [5.74, 6) is 0.781. The number of hydrogen-bond acceptors (Lipinski definition) is 5. The molecule has 0 saturated carbocycles. The van der Waals surface area contributed by atoms with Crippen molar-refractivity contribution < 1.29 is 4.79 Å². The van der Waals surface area contributed by atoms with Crippen LogP contribution < -0.4 is 5.32 Å². The summed E-state index contributed by atoms with van der Waals surface area (Å²) in [6.07, 6.45) is 3.43. The van der Waals surface area contributed by atoms with E-state index in [0.29, 0.717) is 22.5 Å². The Labute approximate surface area is 183 Å². The molecule has 0 spiro atoms. The van der Waals surface area contributed by atoms with Crippen molar-refractivity contribution in [3.8, 4) is 17.1 Å². The van der Waals surface area contributed by atoms with E-state index in [-0.39, 0.29) is 11.7 Å². The molecular weight excluding hydrogens is 418 g/mol. The molecule has 0 unspecified atom stereocenters. The SMILES string of the molecule is O=C(CSc1nnc(-c2cccnc2)n1-c1cccc(Cl)c1)NCc1ccccc1. The van der Waals surface area contributed by atoms with Gasteiger partial charge < -0.3 is 5.32 Å². The van der Waals surface area contributed by atoms with Crippen molar-refractivity contribution in [2.45, 2.75) is 11.7 Å². The smallest absolute Gasteiger partial charge is 0.230 e. The summed E-state index contributed by atoms with van der Waals surface area (Å²) in [6.45, 7) is 0.488. The van der Waals surface area contributed by atoms with Crippen molar-refractivity contribution in [3.63, 3.8) is 0 Å². The fraction of sp³-hybridized carbons (Fsp3) is 0.0909. The largest absolute Gasteiger partial charge is 0.351 e. The van der Waals surface area contributed by atoms with Crippen molar-refractivity contribution in [1.29, 1.82) is 0 Å². The van der Waals surface area contributed by atoms with Crippen LogP contribution in [0.2, 0.25) is 5.02 Å². The molecule has 0 atom stereocenters. The van der Waals surface area contributed by atoms with Crippen molar-refractivity contribution in [1.82, 2.24) is 25.1 Å². The molecule has 0 bridgehead atoms. The Morgan fingerprint density at radius 3 is 2.67 bits per heavy atom. The number of amides is 1. The van der Waals surface area contributed by atoms with E-state index in [1.54, 1.807) is 12.4 Å². The third-order valence-corrected chi connectivity index (χ3v) is 5.45. The molecule has 0 saturated heterocycles. The second-order valence-electron chi connectivity index (χ2n) is 6.41. The maximum Gasteiger partial charge on any atom is 0.230 e. The Bertz CT molecular complexity index is 1130. The van der Waals surface area contributed by atoms with Gasteiger partial charge in [-0.1, -0.05) is 59.8 Å². The van der Waals surface area contributed by atoms with Crippen LogP contribution in [0.25, 0.3) is 17.1 Å². The second kappa shape index (κ2) is 9.56. The van der Waals surface area contributed by atoms with E-state index in [4.69, 9.17) is 11.6 Å². The average molecular weight is 436 g/mol. The summed E-state index contributed by atoms with van der Waals surface area (Å²) >= 11 is 7.52. The van der Waals surface area contributed by atoms with Crippen LogP contribution in [0.4, 0.5) is 0 Å². The molecular formula is C22H18ClN5OS. The average Bonchev–Trinajstić information content (AvgIpc) is 3.21. The number of hydrogen-bond donors (Lipinski definition) is 1. The number of nitrogens with zero attached hydrogens (tertiary/aromatic N) is 4. The first-order valence-corrected chi connectivity index (χ1v) is 10.6. The molecule has 4 rings (SSSR count). The quantitative estimate of drug-likeness (QED) is 0.436. The Kier molecular flexibility index (Phi) is 6.41. The Morgan fingerprint density at radius 2 is 1.90 bits per heavy atom. The molecule has 6 nitrogen and oxygen atoms in total. The highest BCUT2D eigenvalue weighted by molar-refractivity contribution is 7.99. The molecule has 0 aliphatic rings. The lowest BCUT2D eigenvalue weighted by Gasteiger charge is -2.11. The molecule has 2 heterocycles. The summed E-state index contributed by atoms with van der Waals surface area (Å²) in [6, 6.07) is 21.0. The van der Waals surface area contributed by atoms with Crippen molar-refractivity contribution in [2.24, 2.45) is 0 Å². The lowest BCUT2D eigenvalue weighted by molar-refractivity contribution is -0.118. The highest BCUT2D eigenvalue weighted by Gasteiger charge is 2.17. The molecule has 0 aliphatic carbocycles. The van der Waals surface area contributed by atoms with E-state index >= 15 is 0 Å². The number of benzene rings is 2. The number of carbonyl (C=O) groups excluding carboxylic acids is 1. The van der Waals surface area contributed by atoms with E-state index in [0.717, 1.165) is 16.8 Å². The van der Waals surface area contributed by atoms with Gasteiger partial charge in [-0.3, -0.25) is 14.3 Å². The third-order valence-electron chi connectivity index (χ3n) is 4.28. The van der Waals surface area contributed by atoms with Crippen molar-refractivity contribution in [2.75, 3.05) is 5.75 Å². The molecule has 8 heteroatoms. The van der Waals surface area contributed by atoms with Crippen LogP contribution in [0, 0.1) is 0 Å². The van der Waals surface area contributed by atoms with Crippen molar-refractivity contribution in [3.05, 3.63) is 89.7 Å². The molecule has 2 aromatic heterocycles. The van der Waals surface area contributed by atoms with Gasteiger partial charge in [-0.15, -0.1) is 10.2 Å². The molecule has 4 aromatic rings. The number of aromatic nitrogens is 4. The van der Waals surface area contributed by atoms with Gasteiger partial charge in [0.25, 0.3) is 0 Å². The number of halogens is 1. The monoisotopic (exact) mass is 435 g/mol. The molecule has 2 aromatic carbocycles. The minimum Gasteiger partial charge on any atom is -0.351 e. The van der Waals surface area contributed by atoms with Crippen LogP contribution in [-0.4, -0.2) is 31.4 Å². The van der Waals surface area contributed by atoms with E-state index < -0.39 is 0 Å². The third kappa shape index (κ3) is 4.87. The maximum atomic E-state index is 12.3. The standard InChI is InChI=1S/C22H18ClN5OS/c23-18-9-4-10-19(12-18)28-21(17-8-5-11-24-14-17)26-27-22(28)30-15-20(29)25-13-16-6-2-1-3-7-16/h1-12,14H,13,15H2,(H,25,29). The van der Waals surface area contributed by atoms with Gasteiger partial charge >= 0.3 is 0 Å². The minimum atomic E-state index is -0.0765. The Morgan fingerprint density at radius 1 is 1.03 bits per heavy atom. The maximum absolute atomic E-state index is 12.3. The van der Waals surface area contributed by atoms with Gasteiger partial charge in [0.2, 0.25) is 5.91 Å². The summed E-state index contributed by atoms with van der Waals surface area (Å²) in [5, 5.41) is 12.8. The predicted octanol–water partition coefficient (Wildman–Crippen LogP) is 4.39. The fourth-order valence-corrected chi connectivity index (χ4v) is 3.84. The predicted molar refractivity (Wildman–Crippen MR) is 119 cm³/mol. The van der Waals surface area contributed by atoms with E-state index in [2.05, 4.69) is 20.5 Å². The zero-order chi connectivity index (χ0) is 20.8. The summed E-state index contributed by atoms with van der Waals surface area (Å²) in [4.78, 5) is 16.5. The molecule has 150 valence electrons. The van der Waals surface area contributed by atoms with Gasteiger partial charge in [-0.2, -0.15) is 0 Å². The molecule has 0 aliphatic heterocycles. The van der Waals surface area contributed by atoms with Gasteiger partial charge in [0.1, 0.15) is 0 Å². The Balaban J connectivity index is 1.54. The van der Waals surface area contributed by atoms with Crippen LogP contribution in [0.5, 0.6) is 0 Å². The van der Waals surface area contributed by atoms with Gasteiger partial charge in [0, 0.05) is 29.5 Å². The lowest BCUT2D eigenvalue weighted by atomic mass is 10.2. The molecule has 1 amide bonds. The van der Waals surface area contributed by atoms with Crippen LogP contribution in [0.1, 0.15) is 5.56 Å². The highest BCUT2D eigenvalue weighted by Crippen LogP contribution is 2.28. The second-order valence-corrected chi connectivity index (χ2v) is 7.79. The van der Waals surface area contributed by atoms with Crippen LogP contribution in [0.3, 0.4) is 0 Å². The van der Waals surface area contributed by atoms with Crippen LogP contribution in [-0.2, 0) is 11.3 Å². The van der Waals surface area contributed by atoms with Crippen LogP contribution in [0.15, 0.2) is 84.3 Å². The van der Waals surface area contributed by atoms with Crippen LogP contribution >= 0.6 is 23.4 Å². The zero-order valence-corrected chi connectivity index (χ0v) is 17.5. The zero-order valence-electron chi connectivity index (χ0n) is 15.9. The molecule has 1 N–H and O–H groups in total. The molecule has 0 fully saturated rings. The van der Waals surface area contributed by atoms with E-state index in [1.807, 2.05) is 71.3 Å². The summed E-state index contributed by atoms with van der Waals surface area (Å²) < 4.78 is 1.89. The van der Waals surface area contributed by atoms with Gasteiger partial charge in [-0.05, 0) is 35.9 Å². The fourth-order valence-electron chi connectivity index (χ4n) is 2.87. The first-order chi connectivity index (χ1) is 14.7. The summed E-state index contributed by atoms with van der Waals surface area (Å²) in [5.41, 5.74) is 2.70. The highest BCUT2D eigenvalue weighted by atomic mass is 35.5. The first kappa shape index (κ1) is 20.1. The van der Waals surface area contributed by atoms with E-state index in [1.165, 1.54) is 11.8 Å². The number of pyridine rings is 1. The first-order valence-electron chi connectivity index (χ1n) is 9.26. The summed E-state index contributed by atoms with van der Waals surface area (Å²) in [7, 11) is 0. The van der Waals surface area contributed by atoms with Gasteiger partial charge in [-0.25, -0.2) is 0 Å². The Hall–Kier alpha value is -3.16. The minimum absolute atomic E-state index is 0.0765. The molecule has 0 radical (unpaired) electrons. The van der Waals surface area contributed by atoms with E-state index in [9.17, 15) is 4.79 Å². The van der Waals surface area contributed by atoms with Gasteiger partial charge in [0.15, 0.2) is 11.0 Å². The topological polar surface area (TPSA) is 72.7 Å². The van der Waals surface area contributed by atoms with Gasteiger partial charge in [0.05, 0.1) is 11.4 Å².